The first-order valence-corrected chi connectivity index (χ1v) is 5.91. The summed E-state index contributed by atoms with van der Waals surface area (Å²) in [6, 6.07) is -0.442. The van der Waals surface area contributed by atoms with Crippen LogP contribution in [0.1, 0.15) is 41.5 Å². The predicted molar refractivity (Wildman–Crippen MR) is 67.7 cm³/mol. The molecular formula is C12H26N2O3. The first-order chi connectivity index (χ1) is 7.49. The maximum atomic E-state index is 11.7. The number of alkyl carbamates (subject to hydrolysis) is 1. The summed E-state index contributed by atoms with van der Waals surface area (Å²) in [4.78, 5) is 11.7. The number of aliphatic hydroxyl groups is 1. The van der Waals surface area contributed by atoms with Gasteiger partial charge >= 0.3 is 6.09 Å². The molecule has 0 bridgehead atoms. The normalized spacial score (nSPS) is 17.5. The molecule has 0 fully saturated rings. The minimum atomic E-state index is -1.15. The summed E-state index contributed by atoms with van der Waals surface area (Å²) in [7, 11) is 0. The lowest BCUT2D eigenvalue weighted by molar-refractivity contribution is -0.00137. The number of rotatable bonds is 4. The van der Waals surface area contributed by atoms with Gasteiger partial charge in [0.15, 0.2) is 0 Å². The molecule has 4 N–H and O–H groups in total. The monoisotopic (exact) mass is 246 g/mol. The van der Waals surface area contributed by atoms with Crippen LogP contribution >= 0.6 is 0 Å². The van der Waals surface area contributed by atoms with Crippen molar-refractivity contribution in [2.45, 2.75) is 58.8 Å². The number of nitrogens with two attached hydrogens (primary N) is 1. The Kier molecular flexibility index (Phi) is 5.42. The fraction of sp³-hybridized carbons (Fsp3) is 0.917. The SMILES string of the molecule is CC(C)[C@@H](NC(=O)OC(C)(C)C)[C@](C)(O)CN. The highest BCUT2D eigenvalue weighted by Crippen LogP contribution is 2.17. The van der Waals surface area contributed by atoms with Crippen molar-refractivity contribution in [3.05, 3.63) is 0 Å². The van der Waals surface area contributed by atoms with E-state index in [1.54, 1.807) is 27.7 Å². The molecule has 17 heavy (non-hydrogen) atoms. The van der Waals surface area contributed by atoms with Crippen LogP contribution < -0.4 is 11.1 Å². The molecule has 0 saturated heterocycles. The van der Waals surface area contributed by atoms with E-state index in [4.69, 9.17) is 10.5 Å². The van der Waals surface area contributed by atoms with E-state index in [1.165, 1.54) is 0 Å². The largest absolute Gasteiger partial charge is 0.444 e. The number of carbonyl (C=O) groups excluding carboxylic acids is 1. The topological polar surface area (TPSA) is 84.6 Å². The van der Waals surface area contributed by atoms with Gasteiger partial charge < -0.3 is 20.9 Å². The van der Waals surface area contributed by atoms with E-state index in [-0.39, 0.29) is 12.5 Å². The first kappa shape index (κ1) is 16.2. The molecule has 0 aliphatic rings. The summed E-state index contributed by atoms with van der Waals surface area (Å²) in [5, 5.41) is 12.8. The van der Waals surface area contributed by atoms with E-state index in [2.05, 4.69) is 5.32 Å². The summed E-state index contributed by atoms with van der Waals surface area (Å²) in [6.07, 6.45) is -0.537. The summed E-state index contributed by atoms with van der Waals surface area (Å²) in [6.45, 7) is 10.9. The quantitative estimate of drug-likeness (QED) is 0.697. The van der Waals surface area contributed by atoms with Crippen molar-refractivity contribution in [3.63, 3.8) is 0 Å². The Hall–Kier alpha value is -0.810. The van der Waals surface area contributed by atoms with Gasteiger partial charge in [0.05, 0.1) is 11.6 Å². The minimum Gasteiger partial charge on any atom is -0.444 e. The number of nitrogens with one attached hydrogen (secondary N) is 1. The van der Waals surface area contributed by atoms with Gasteiger partial charge in [0.25, 0.3) is 0 Å². The van der Waals surface area contributed by atoms with Gasteiger partial charge in [0, 0.05) is 6.54 Å². The Balaban J connectivity index is 4.63. The van der Waals surface area contributed by atoms with E-state index in [0.29, 0.717) is 0 Å². The van der Waals surface area contributed by atoms with Gasteiger partial charge in [0.1, 0.15) is 5.60 Å². The van der Waals surface area contributed by atoms with Crippen LogP contribution in [0.4, 0.5) is 4.79 Å². The van der Waals surface area contributed by atoms with Crippen molar-refractivity contribution >= 4 is 6.09 Å². The number of carbonyl (C=O) groups is 1. The fourth-order valence-corrected chi connectivity index (χ4v) is 1.60. The van der Waals surface area contributed by atoms with E-state index in [9.17, 15) is 9.90 Å². The third-order valence-corrected chi connectivity index (χ3v) is 2.42. The van der Waals surface area contributed by atoms with Crippen LogP contribution in [0.15, 0.2) is 0 Å². The molecule has 5 heteroatoms. The van der Waals surface area contributed by atoms with Gasteiger partial charge in [0.2, 0.25) is 0 Å². The molecule has 0 spiro atoms. The van der Waals surface area contributed by atoms with Crippen LogP contribution in [-0.2, 0) is 4.74 Å². The van der Waals surface area contributed by atoms with Crippen LogP contribution in [0.5, 0.6) is 0 Å². The molecule has 0 aliphatic carbocycles. The second kappa shape index (κ2) is 5.69. The van der Waals surface area contributed by atoms with Gasteiger partial charge in [-0.2, -0.15) is 0 Å². The zero-order valence-electron chi connectivity index (χ0n) is 11.7. The first-order valence-electron chi connectivity index (χ1n) is 5.91. The van der Waals surface area contributed by atoms with E-state index >= 15 is 0 Å². The molecule has 0 aromatic heterocycles. The number of hydrogen-bond acceptors (Lipinski definition) is 4. The maximum Gasteiger partial charge on any atom is 0.407 e. The van der Waals surface area contributed by atoms with E-state index in [1.807, 2.05) is 13.8 Å². The fourth-order valence-electron chi connectivity index (χ4n) is 1.60. The lowest BCUT2D eigenvalue weighted by atomic mass is 9.88. The average molecular weight is 246 g/mol. The van der Waals surface area contributed by atoms with Gasteiger partial charge in [-0.3, -0.25) is 0 Å². The highest BCUT2D eigenvalue weighted by atomic mass is 16.6. The minimum absolute atomic E-state index is 0.0565. The summed E-state index contributed by atoms with van der Waals surface area (Å²) >= 11 is 0. The Morgan fingerprint density at radius 2 is 1.82 bits per heavy atom. The van der Waals surface area contributed by atoms with E-state index in [0.717, 1.165) is 0 Å². The molecule has 0 aromatic carbocycles. The summed E-state index contributed by atoms with van der Waals surface area (Å²) in [5.41, 5.74) is 3.80. The highest BCUT2D eigenvalue weighted by Gasteiger charge is 2.35. The second-order valence-corrected chi connectivity index (χ2v) is 5.93. The number of hydrogen-bond donors (Lipinski definition) is 3. The van der Waals surface area contributed by atoms with Crippen LogP contribution in [-0.4, -0.2) is 35.0 Å². The van der Waals surface area contributed by atoms with Gasteiger partial charge in [-0.25, -0.2) is 4.79 Å². The molecule has 0 heterocycles. The van der Waals surface area contributed by atoms with E-state index < -0.39 is 23.3 Å². The average Bonchev–Trinajstić information content (AvgIpc) is 2.10. The molecule has 0 saturated carbocycles. The Bertz CT molecular complexity index is 257. The van der Waals surface area contributed by atoms with Crippen LogP contribution in [0.3, 0.4) is 0 Å². The van der Waals surface area contributed by atoms with Crippen LogP contribution in [0, 0.1) is 5.92 Å². The van der Waals surface area contributed by atoms with Crippen molar-refractivity contribution in [2.24, 2.45) is 11.7 Å². The molecular weight excluding hydrogens is 220 g/mol. The molecule has 0 aliphatic heterocycles. The van der Waals surface area contributed by atoms with Gasteiger partial charge in [-0.05, 0) is 33.6 Å². The van der Waals surface area contributed by atoms with Crippen LogP contribution in [0.2, 0.25) is 0 Å². The van der Waals surface area contributed by atoms with Crippen LogP contribution in [0.25, 0.3) is 0 Å². The number of amides is 1. The molecule has 0 aromatic rings. The summed E-state index contributed by atoms with van der Waals surface area (Å²) < 4.78 is 5.16. The number of ether oxygens (including phenoxy) is 1. The van der Waals surface area contributed by atoms with Gasteiger partial charge in [-0.1, -0.05) is 13.8 Å². The van der Waals surface area contributed by atoms with Crippen molar-refractivity contribution in [1.29, 1.82) is 0 Å². The van der Waals surface area contributed by atoms with Crippen molar-refractivity contribution < 1.29 is 14.6 Å². The highest BCUT2D eigenvalue weighted by molar-refractivity contribution is 5.68. The zero-order valence-corrected chi connectivity index (χ0v) is 11.7. The molecule has 0 unspecified atom stereocenters. The standard InChI is InChI=1S/C12H26N2O3/c1-8(2)9(12(6,16)7-13)14-10(15)17-11(3,4)5/h8-9,16H,7,13H2,1-6H3,(H,14,15)/t9-,12-/m1/s1. The zero-order chi connectivity index (χ0) is 13.9. The van der Waals surface area contributed by atoms with Crippen molar-refractivity contribution in [3.8, 4) is 0 Å². The molecule has 102 valence electrons. The Morgan fingerprint density at radius 1 is 1.35 bits per heavy atom. The molecule has 2 atom stereocenters. The summed E-state index contributed by atoms with van der Waals surface area (Å²) in [5.74, 6) is 0.0565. The molecule has 0 radical (unpaired) electrons. The predicted octanol–water partition coefficient (Wildman–Crippen LogP) is 1.25. The lowest BCUT2D eigenvalue weighted by Gasteiger charge is -2.35. The smallest absolute Gasteiger partial charge is 0.407 e. The van der Waals surface area contributed by atoms with Crippen molar-refractivity contribution in [1.82, 2.24) is 5.32 Å². The molecule has 1 amide bonds. The Morgan fingerprint density at radius 3 is 2.12 bits per heavy atom. The third kappa shape index (κ3) is 5.89. The molecule has 0 rings (SSSR count). The lowest BCUT2D eigenvalue weighted by Crippen LogP contribution is -2.58. The maximum absolute atomic E-state index is 11.7. The van der Waals surface area contributed by atoms with Gasteiger partial charge in [-0.15, -0.1) is 0 Å². The third-order valence-electron chi connectivity index (χ3n) is 2.42. The second-order valence-electron chi connectivity index (χ2n) is 5.93. The molecule has 5 nitrogen and oxygen atoms in total. The van der Waals surface area contributed by atoms with Crippen molar-refractivity contribution in [2.75, 3.05) is 6.54 Å². The Labute approximate surface area is 104 Å².